The molecule has 0 radical (unpaired) electrons. The zero-order chi connectivity index (χ0) is 14.0. The van der Waals surface area contributed by atoms with E-state index in [1.807, 2.05) is 27.7 Å². The first-order valence-corrected chi connectivity index (χ1v) is 6.13. The van der Waals surface area contributed by atoms with Gasteiger partial charge in [-0.05, 0) is 68.0 Å². The maximum atomic E-state index is 11.3. The summed E-state index contributed by atoms with van der Waals surface area (Å²) in [6.07, 6.45) is -0.796. The second-order valence-electron chi connectivity index (χ2n) is 4.83. The lowest BCUT2D eigenvalue weighted by Crippen LogP contribution is -2.13. The van der Waals surface area contributed by atoms with Gasteiger partial charge in [-0.15, -0.1) is 0 Å². The van der Waals surface area contributed by atoms with E-state index in [0.717, 1.165) is 16.7 Å². The van der Waals surface area contributed by atoms with Crippen LogP contribution >= 0.6 is 0 Å². The highest BCUT2D eigenvalue weighted by Crippen LogP contribution is 2.31. The topological polar surface area (TPSA) is 46.5 Å². The predicted molar refractivity (Wildman–Crippen MR) is 71.7 cm³/mol. The van der Waals surface area contributed by atoms with Crippen LogP contribution in [0, 0.1) is 34.6 Å². The summed E-state index contributed by atoms with van der Waals surface area (Å²) in [6.45, 7) is 10.2. The summed E-state index contributed by atoms with van der Waals surface area (Å²) >= 11 is 0. The Morgan fingerprint density at radius 1 is 1.00 bits per heavy atom. The Morgan fingerprint density at radius 3 is 1.78 bits per heavy atom. The Labute approximate surface area is 109 Å². The molecule has 1 rings (SSSR count). The lowest BCUT2D eigenvalue weighted by atomic mass is 9.86. The molecule has 0 saturated heterocycles. The first kappa shape index (κ1) is 14.7. The Balaban J connectivity index is 3.28. The molecule has 18 heavy (non-hydrogen) atoms. The number of hydrogen-bond acceptors (Lipinski definition) is 3. The van der Waals surface area contributed by atoms with Crippen molar-refractivity contribution in [3.8, 4) is 0 Å². The van der Waals surface area contributed by atoms with E-state index in [1.54, 1.807) is 0 Å². The van der Waals surface area contributed by atoms with Gasteiger partial charge in [0.1, 0.15) is 0 Å². The van der Waals surface area contributed by atoms with Gasteiger partial charge in [0.2, 0.25) is 0 Å². The molecule has 0 saturated carbocycles. The first-order valence-electron chi connectivity index (χ1n) is 6.13. The van der Waals surface area contributed by atoms with Gasteiger partial charge in [-0.25, -0.2) is 0 Å². The van der Waals surface area contributed by atoms with Crippen LogP contribution in [0.5, 0.6) is 0 Å². The lowest BCUT2D eigenvalue weighted by molar-refractivity contribution is -0.142. The SMILES string of the molecule is COC(=O)CC(O)c1c(C)c(C)c(C)c(C)c1C. The van der Waals surface area contributed by atoms with Crippen molar-refractivity contribution < 1.29 is 14.6 Å². The first-order chi connectivity index (χ1) is 8.31. The summed E-state index contributed by atoms with van der Waals surface area (Å²) in [4.78, 5) is 11.3. The Kier molecular flexibility index (Phi) is 4.52. The average molecular weight is 250 g/mol. The smallest absolute Gasteiger partial charge is 0.308 e. The molecule has 1 unspecified atom stereocenters. The van der Waals surface area contributed by atoms with Gasteiger partial charge in [0.25, 0.3) is 0 Å². The van der Waals surface area contributed by atoms with Crippen molar-refractivity contribution in [3.63, 3.8) is 0 Å². The van der Waals surface area contributed by atoms with E-state index in [0.29, 0.717) is 0 Å². The molecular weight excluding hydrogens is 228 g/mol. The summed E-state index contributed by atoms with van der Waals surface area (Å²) in [6, 6.07) is 0. The molecule has 0 bridgehead atoms. The van der Waals surface area contributed by atoms with Gasteiger partial charge in [0.05, 0.1) is 19.6 Å². The van der Waals surface area contributed by atoms with Crippen LogP contribution in [0.15, 0.2) is 0 Å². The van der Waals surface area contributed by atoms with E-state index in [9.17, 15) is 9.90 Å². The van der Waals surface area contributed by atoms with Gasteiger partial charge in [0.15, 0.2) is 0 Å². The monoisotopic (exact) mass is 250 g/mol. The molecule has 0 aliphatic rings. The molecular formula is C15H22O3. The van der Waals surface area contributed by atoms with E-state index >= 15 is 0 Å². The van der Waals surface area contributed by atoms with Crippen molar-refractivity contribution in [3.05, 3.63) is 33.4 Å². The van der Waals surface area contributed by atoms with Gasteiger partial charge < -0.3 is 9.84 Å². The fourth-order valence-corrected chi connectivity index (χ4v) is 2.37. The Hall–Kier alpha value is -1.35. The molecule has 3 heteroatoms. The maximum absolute atomic E-state index is 11.3. The number of aliphatic hydroxyl groups excluding tert-OH is 1. The normalized spacial score (nSPS) is 12.4. The third-order valence-corrected chi connectivity index (χ3v) is 3.98. The van der Waals surface area contributed by atoms with E-state index < -0.39 is 12.1 Å². The average Bonchev–Trinajstić information content (AvgIpc) is 2.34. The number of hydrogen-bond donors (Lipinski definition) is 1. The molecule has 3 nitrogen and oxygen atoms in total. The molecule has 0 amide bonds. The molecule has 0 aliphatic carbocycles. The highest BCUT2D eigenvalue weighted by atomic mass is 16.5. The summed E-state index contributed by atoms with van der Waals surface area (Å²) in [5, 5.41) is 10.2. The quantitative estimate of drug-likeness (QED) is 0.839. The molecule has 1 aromatic carbocycles. The molecule has 1 atom stereocenters. The van der Waals surface area contributed by atoms with E-state index in [2.05, 4.69) is 11.7 Å². The second-order valence-corrected chi connectivity index (χ2v) is 4.83. The predicted octanol–water partition coefficient (Wildman–Crippen LogP) is 2.83. The van der Waals surface area contributed by atoms with Crippen LogP contribution in [0.25, 0.3) is 0 Å². The number of carbonyl (C=O) groups is 1. The highest BCUT2D eigenvalue weighted by molar-refractivity contribution is 5.70. The minimum Gasteiger partial charge on any atom is -0.469 e. The van der Waals surface area contributed by atoms with Crippen molar-refractivity contribution >= 4 is 5.97 Å². The molecule has 0 aromatic heterocycles. The number of rotatable bonds is 3. The van der Waals surface area contributed by atoms with Gasteiger partial charge in [-0.1, -0.05) is 0 Å². The number of ether oxygens (including phenoxy) is 1. The molecule has 0 spiro atoms. The molecule has 0 heterocycles. The Morgan fingerprint density at radius 2 is 1.39 bits per heavy atom. The third kappa shape index (κ3) is 2.56. The largest absolute Gasteiger partial charge is 0.469 e. The number of methoxy groups -OCH3 is 1. The van der Waals surface area contributed by atoms with Crippen molar-refractivity contribution in [2.45, 2.75) is 47.1 Å². The van der Waals surface area contributed by atoms with E-state index in [1.165, 1.54) is 23.8 Å². The van der Waals surface area contributed by atoms with Crippen LogP contribution in [-0.2, 0) is 9.53 Å². The van der Waals surface area contributed by atoms with E-state index in [-0.39, 0.29) is 6.42 Å². The zero-order valence-electron chi connectivity index (χ0n) is 12.0. The summed E-state index contributed by atoms with van der Waals surface area (Å²) in [5.41, 5.74) is 6.59. The van der Waals surface area contributed by atoms with Gasteiger partial charge >= 0.3 is 5.97 Å². The molecule has 0 fully saturated rings. The van der Waals surface area contributed by atoms with E-state index in [4.69, 9.17) is 0 Å². The summed E-state index contributed by atoms with van der Waals surface area (Å²) < 4.78 is 4.61. The number of esters is 1. The fraction of sp³-hybridized carbons (Fsp3) is 0.533. The molecule has 0 aliphatic heterocycles. The van der Waals surface area contributed by atoms with Crippen molar-refractivity contribution in [2.24, 2.45) is 0 Å². The van der Waals surface area contributed by atoms with Crippen LogP contribution in [0.4, 0.5) is 0 Å². The number of aliphatic hydroxyl groups is 1. The van der Waals surface area contributed by atoms with Gasteiger partial charge in [-0.2, -0.15) is 0 Å². The van der Waals surface area contributed by atoms with Crippen molar-refractivity contribution in [1.82, 2.24) is 0 Å². The van der Waals surface area contributed by atoms with Crippen LogP contribution in [0.3, 0.4) is 0 Å². The fourth-order valence-electron chi connectivity index (χ4n) is 2.37. The van der Waals surface area contributed by atoms with Crippen LogP contribution in [0.2, 0.25) is 0 Å². The molecule has 1 aromatic rings. The van der Waals surface area contributed by atoms with Crippen LogP contribution < -0.4 is 0 Å². The second kappa shape index (κ2) is 5.53. The van der Waals surface area contributed by atoms with Gasteiger partial charge in [0, 0.05) is 0 Å². The standard InChI is InChI=1S/C15H22O3/c1-8-9(2)11(4)15(12(5)10(8)3)13(16)7-14(17)18-6/h13,16H,7H2,1-6H3. The maximum Gasteiger partial charge on any atom is 0.308 e. The highest BCUT2D eigenvalue weighted by Gasteiger charge is 2.21. The number of carbonyl (C=O) groups excluding carboxylic acids is 1. The number of benzene rings is 1. The summed E-state index contributed by atoms with van der Waals surface area (Å²) in [5.74, 6) is -0.391. The third-order valence-electron chi connectivity index (χ3n) is 3.98. The summed E-state index contributed by atoms with van der Waals surface area (Å²) in [7, 11) is 1.33. The van der Waals surface area contributed by atoms with Crippen molar-refractivity contribution in [2.75, 3.05) is 7.11 Å². The zero-order valence-corrected chi connectivity index (χ0v) is 12.0. The van der Waals surface area contributed by atoms with Crippen molar-refractivity contribution in [1.29, 1.82) is 0 Å². The minimum absolute atomic E-state index is 0.000120. The Bertz CT molecular complexity index is 446. The van der Waals surface area contributed by atoms with Crippen LogP contribution in [0.1, 0.15) is 45.9 Å². The molecule has 1 N–H and O–H groups in total. The molecule has 100 valence electrons. The van der Waals surface area contributed by atoms with Gasteiger partial charge in [-0.3, -0.25) is 4.79 Å². The van der Waals surface area contributed by atoms with Crippen LogP contribution in [-0.4, -0.2) is 18.2 Å². The minimum atomic E-state index is -0.796. The lowest BCUT2D eigenvalue weighted by Gasteiger charge is -2.22.